The fourth-order valence-corrected chi connectivity index (χ4v) is 4.82. The number of hydrogen-bond donors (Lipinski definition) is 1. The molecule has 148 valence electrons. The van der Waals surface area contributed by atoms with E-state index in [1.165, 1.54) is 4.57 Å². The Morgan fingerprint density at radius 3 is 2.57 bits per heavy atom. The third-order valence-corrected chi connectivity index (χ3v) is 6.92. The van der Waals surface area contributed by atoms with E-state index in [0.29, 0.717) is 17.6 Å². The van der Waals surface area contributed by atoms with Gasteiger partial charge in [0.2, 0.25) is 10.0 Å². The highest BCUT2D eigenvalue weighted by atomic mass is 32.2. The molecule has 1 aliphatic carbocycles. The number of methoxy groups -OCH3 is 1. The van der Waals surface area contributed by atoms with E-state index in [9.17, 15) is 13.2 Å². The van der Waals surface area contributed by atoms with Crippen molar-refractivity contribution in [3.63, 3.8) is 0 Å². The van der Waals surface area contributed by atoms with Crippen LogP contribution >= 0.6 is 0 Å². The molecule has 0 atom stereocenters. The van der Waals surface area contributed by atoms with Crippen molar-refractivity contribution in [2.45, 2.75) is 36.7 Å². The number of aryl methyl sites for hydroxylation is 1. The molecule has 2 aromatic carbocycles. The first-order valence-electron chi connectivity index (χ1n) is 9.09. The maximum absolute atomic E-state index is 12.8. The molecule has 8 heteroatoms. The molecule has 1 aliphatic rings. The van der Waals surface area contributed by atoms with Gasteiger partial charge in [-0.15, -0.1) is 0 Å². The predicted octanol–water partition coefficient (Wildman–Crippen LogP) is 2.23. The molecule has 0 bridgehead atoms. The van der Waals surface area contributed by atoms with Gasteiger partial charge in [-0.05, 0) is 55.7 Å². The smallest absolute Gasteiger partial charge is 0.329 e. The Balaban J connectivity index is 1.75. The highest BCUT2D eigenvalue weighted by Gasteiger charge is 2.41. The SMILES string of the molecule is COc1cccc(Cn2c(=O)n(C)c3cc(S(=O)(=O)NC4(C)CC4)ccc32)c1. The molecule has 0 saturated heterocycles. The first-order valence-corrected chi connectivity index (χ1v) is 10.6. The number of fused-ring (bicyclic) bond motifs is 1. The molecule has 1 heterocycles. The minimum Gasteiger partial charge on any atom is -0.497 e. The molecule has 1 fully saturated rings. The standard InChI is InChI=1S/C20H23N3O4S/c1-20(9-10-20)21-28(25,26)16-7-8-17-18(12-16)22(2)19(24)23(17)13-14-5-4-6-15(11-14)27-3/h4-8,11-12,21H,9-10,13H2,1-3H3. The number of benzene rings is 2. The minimum atomic E-state index is -3.63. The Morgan fingerprint density at radius 2 is 1.89 bits per heavy atom. The van der Waals surface area contributed by atoms with Gasteiger partial charge in [0.05, 0.1) is 29.6 Å². The molecule has 0 spiro atoms. The van der Waals surface area contributed by atoms with Crippen molar-refractivity contribution < 1.29 is 13.2 Å². The lowest BCUT2D eigenvalue weighted by atomic mass is 10.2. The van der Waals surface area contributed by atoms with E-state index >= 15 is 0 Å². The van der Waals surface area contributed by atoms with Crippen LogP contribution in [-0.4, -0.2) is 30.2 Å². The van der Waals surface area contributed by atoms with Gasteiger partial charge < -0.3 is 4.74 Å². The van der Waals surface area contributed by atoms with Crippen molar-refractivity contribution in [2.75, 3.05) is 7.11 Å². The summed E-state index contributed by atoms with van der Waals surface area (Å²) in [6, 6.07) is 12.3. The molecular weight excluding hydrogens is 378 g/mol. The Morgan fingerprint density at radius 1 is 1.14 bits per heavy atom. The summed E-state index contributed by atoms with van der Waals surface area (Å²) in [5, 5.41) is 0. The largest absolute Gasteiger partial charge is 0.497 e. The molecule has 4 rings (SSSR count). The van der Waals surface area contributed by atoms with Gasteiger partial charge in [0.15, 0.2) is 0 Å². The Labute approximate surface area is 163 Å². The number of hydrogen-bond acceptors (Lipinski definition) is 4. The quantitative estimate of drug-likeness (QED) is 0.687. The third kappa shape index (κ3) is 3.33. The van der Waals surface area contributed by atoms with Crippen LogP contribution in [0.5, 0.6) is 5.75 Å². The molecular formula is C20H23N3O4S. The Hall–Kier alpha value is -2.58. The van der Waals surface area contributed by atoms with Gasteiger partial charge in [-0.2, -0.15) is 0 Å². The summed E-state index contributed by atoms with van der Waals surface area (Å²) in [7, 11) is -0.376. The number of nitrogens with one attached hydrogen (secondary N) is 1. The summed E-state index contributed by atoms with van der Waals surface area (Å²) in [5.41, 5.74) is 1.64. The van der Waals surface area contributed by atoms with E-state index in [4.69, 9.17) is 4.74 Å². The van der Waals surface area contributed by atoms with Crippen LogP contribution in [0.1, 0.15) is 25.3 Å². The van der Waals surface area contributed by atoms with Crippen LogP contribution in [0.4, 0.5) is 0 Å². The number of imidazole rings is 1. The lowest BCUT2D eigenvalue weighted by molar-refractivity contribution is 0.414. The summed E-state index contributed by atoms with van der Waals surface area (Å²) < 4.78 is 36.5. The average molecular weight is 401 g/mol. The fourth-order valence-electron chi connectivity index (χ4n) is 3.33. The fraction of sp³-hybridized carbons (Fsp3) is 0.350. The Bertz CT molecular complexity index is 1220. The molecule has 7 nitrogen and oxygen atoms in total. The van der Waals surface area contributed by atoms with Gasteiger partial charge in [0.25, 0.3) is 0 Å². The van der Waals surface area contributed by atoms with Crippen LogP contribution in [-0.2, 0) is 23.6 Å². The molecule has 0 radical (unpaired) electrons. The summed E-state index contributed by atoms with van der Waals surface area (Å²) in [6.45, 7) is 2.26. The van der Waals surface area contributed by atoms with E-state index in [1.54, 1.807) is 36.9 Å². The van der Waals surface area contributed by atoms with E-state index in [0.717, 1.165) is 24.2 Å². The van der Waals surface area contributed by atoms with Crippen molar-refractivity contribution in [3.8, 4) is 5.75 Å². The van der Waals surface area contributed by atoms with Crippen molar-refractivity contribution in [3.05, 3.63) is 58.5 Å². The molecule has 0 unspecified atom stereocenters. The number of aromatic nitrogens is 2. The molecule has 1 aromatic heterocycles. The second-order valence-electron chi connectivity index (χ2n) is 7.60. The van der Waals surface area contributed by atoms with Gasteiger partial charge >= 0.3 is 5.69 Å². The van der Waals surface area contributed by atoms with Gasteiger partial charge in [-0.1, -0.05) is 12.1 Å². The first-order chi connectivity index (χ1) is 13.2. The summed E-state index contributed by atoms with van der Waals surface area (Å²) in [4.78, 5) is 12.9. The van der Waals surface area contributed by atoms with Gasteiger partial charge in [-0.25, -0.2) is 17.9 Å². The predicted molar refractivity (Wildman–Crippen MR) is 107 cm³/mol. The number of rotatable bonds is 6. The van der Waals surface area contributed by atoms with Gasteiger partial charge in [0, 0.05) is 12.6 Å². The van der Waals surface area contributed by atoms with Gasteiger partial charge in [-0.3, -0.25) is 9.13 Å². The molecule has 3 aromatic rings. The zero-order valence-electron chi connectivity index (χ0n) is 16.1. The highest BCUT2D eigenvalue weighted by Crippen LogP contribution is 2.36. The van der Waals surface area contributed by atoms with E-state index in [2.05, 4.69) is 4.72 Å². The van der Waals surface area contributed by atoms with E-state index in [-0.39, 0.29) is 16.1 Å². The minimum absolute atomic E-state index is 0.169. The van der Waals surface area contributed by atoms with E-state index in [1.807, 2.05) is 31.2 Å². The van der Waals surface area contributed by atoms with E-state index < -0.39 is 10.0 Å². The number of sulfonamides is 1. The first kappa shape index (κ1) is 18.8. The molecule has 28 heavy (non-hydrogen) atoms. The summed E-state index contributed by atoms with van der Waals surface area (Å²) in [6.07, 6.45) is 1.67. The van der Waals surface area contributed by atoms with Crippen molar-refractivity contribution in [2.24, 2.45) is 7.05 Å². The number of nitrogens with zero attached hydrogens (tertiary/aromatic N) is 2. The lowest BCUT2D eigenvalue weighted by Crippen LogP contribution is -2.34. The normalized spacial score (nSPS) is 15.7. The molecule has 0 amide bonds. The average Bonchev–Trinajstić information content (AvgIpc) is 3.34. The van der Waals surface area contributed by atoms with Crippen molar-refractivity contribution >= 4 is 21.1 Å². The van der Waals surface area contributed by atoms with Crippen LogP contribution in [0.2, 0.25) is 0 Å². The second-order valence-corrected chi connectivity index (χ2v) is 9.28. The zero-order valence-corrected chi connectivity index (χ0v) is 16.9. The monoisotopic (exact) mass is 401 g/mol. The second kappa shape index (κ2) is 6.49. The Kier molecular flexibility index (Phi) is 4.35. The zero-order chi connectivity index (χ0) is 20.1. The van der Waals surface area contributed by atoms with Crippen LogP contribution < -0.4 is 15.1 Å². The maximum Gasteiger partial charge on any atom is 0.329 e. The van der Waals surface area contributed by atoms with Crippen LogP contribution in [0, 0.1) is 0 Å². The highest BCUT2D eigenvalue weighted by molar-refractivity contribution is 7.89. The van der Waals surface area contributed by atoms with Crippen LogP contribution in [0.25, 0.3) is 11.0 Å². The topological polar surface area (TPSA) is 82.3 Å². The van der Waals surface area contributed by atoms with Gasteiger partial charge in [0.1, 0.15) is 5.75 Å². The van der Waals surface area contributed by atoms with Crippen molar-refractivity contribution in [1.82, 2.24) is 13.9 Å². The summed E-state index contributed by atoms with van der Waals surface area (Å²) in [5.74, 6) is 0.721. The van der Waals surface area contributed by atoms with Crippen LogP contribution in [0.15, 0.2) is 52.2 Å². The van der Waals surface area contributed by atoms with Crippen molar-refractivity contribution in [1.29, 1.82) is 0 Å². The number of ether oxygens (including phenoxy) is 1. The molecule has 1 N–H and O–H groups in total. The maximum atomic E-state index is 12.8. The third-order valence-electron chi connectivity index (χ3n) is 5.28. The molecule has 0 aliphatic heterocycles. The molecule has 1 saturated carbocycles. The summed E-state index contributed by atoms with van der Waals surface area (Å²) >= 11 is 0. The lowest BCUT2D eigenvalue weighted by Gasteiger charge is -2.12. The van der Waals surface area contributed by atoms with Crippen LogP contribution in [0.3, 0.4) is 0 Å².